The minimum Gasteiger partial charge on any atom is -0.322 e. The van der Waals surface area contributed by atoms with Crippen molar-refractivity contribution in [1.29, 1.82) is 0 Å². The maximum atomic E-state index is 12.6. The van der Waals surface area contributed by atoms with Crippen molar-refractivity contribution < 1.29 is 9.59 Å². The Hall–Kier alpha value is -2.88. The molecule has 1 aliphatic carbocycles. The van der Waals surface area contributed by atoms with Crippen LogP contribution in [0.1, 0.15) is 31.8 Å². The van der Waals surface area contributed by atoms with E-state index in [0.717, 1.165) is 11.1 Å². The van der Waals surface area contributed by atoms with Gasteiger partial charge in [-0.3, -0.25) is 9.59 Å². The highest BCUT2D eigenvalue weighted by Gasteiger charge is 2.26. The number of ketones is 1. The van der Waals surface area contributed by atoms with Gasteiger partial charge < -0.3 is 5.32 Å². The lowest BCUT2D eigenvalue weighted by molar-refractivity contribution is 0.102. The third-order valence-corrected chi connectivity index (χ3v) is 5.31. The highest BCUT2D eigenvalue weighted by atomic mass is 35.5. The molecule has 0 saturated carbocycles. The van der Waals surface area contributed by atoms with E-state index in [1.165, 1.54) is 0 Å². The molecule has 138 valence electrons. The normalized spacial score (nSPS) is 14.2. The predicted molar refractivity (Wildman–Crippen MR) is 113 cm³/mol. The third kappa shape index (κ3) is 3.59. The number of rotatable bonds is 3. The second kappa shape index (κ2) is 7.63. The molecule has 0 saturated heterocycles. The van der Waals surface area contributed by atoms with Gasteiger partial charge >= 0.3 is 0 Å². The maximum absolute atomic E-state index is 12.6. The van der Waals surface area contributed by atoms with Crippen molar-refractivity contribution in [1.82, 2.24) is 0 Å². The first kappa shape index (κ1) is 18.5. The summed E-state index contributed by atoms with van der Waals surface area (Å²) in [6.45, 7) is 0. The van der Waals surface area contributed by atoms with Gasteiger partial charge in [0.15, 0.2) is 5.78 Å². The van der Waals surface area contributed by atoms with Gasteiger partial charge in [0.2, 0.25) is 0 Å². The van der Waals surface area contributed by atoms with E-state index in [1.807, 2.05) is 24.3 Å². The highest BCUT2D eigenvalue weighted by molar-refractivity contribution is 6.34. The molecule has 0 fully saturated rings. The molecule has 0 heterocycles. The molecule has 1 N–H and O–H groups in total. The van der Waals surface area contributed by atoms with Crippen molar-refractivity contribution >= 4 is 46.7 Å². The van der Waals surface area contributed by atoms with Gasteiger partial charge in [0.1, 0.15) is 0 Å². The Morgan fingerprint density at radius 3 is 2.46 bits per heavy atom. The van der Waals surface area contributed by atoms with Crippen molar-refractivity contribution in [3.8, 4) is 0 Å². The topological polar surface area (TPSA) is 46.2 Å². The Morgan fingerprint density at radius 1 is 0.929 bits per heavy atom. The summed E-state index contributed by atoms with van der Waals surface area (Å²) in [5, 5.41) is 3.84. The Kier molecular flexibility index (Phi) is 5.03. The first-order valence-electron chi connectivity index (χ1n) is 8.71. The molecule has 3 nitrogen and oxygen atoms in total. The number of fused-ring (bicyclic) bond motifs is 1. The molecule has 5 heteroatoms. The van der Waals surface area contributed by atoms with E-state index in [9.17, 15) is 9.59 Å². The monoisotopic (exact) mass is 407 g/mol. The number of hydrogen-bond acceptors (Lipinski definition) is 2. The van der Waals surface area contributed by atoms with Crippen LogP contribution in [0.25, 0.3) is 6.08 Å². The van der Waals surface area contributed by atoms with E-state index in [0.29, 0.717) is 38.9 Å². The number of benzene rings is 3. The van der Waals surface area contributed by atoms with E-state index < -0.39 is 0 Å². The van der Waals surface area contributed by atoms with Crippen molar-refractivity contribution in [2.75, 3.05) is 5.32 Å². The zero-order valence-corrected chi connectivity index (χ0v) is 16.2. The molecule has 0 bridgehead atoms. The third-order valence-electron chi connectivity index (χ3n) is 4.63. The van der Waals surface area contributed by atoms with Crippen LogP contribution in [0.3, 0.4) is 0 Å². The molecular weight excluding hydrogens is 393 g/mol. The smallest absolute Gasteiger partial charge is 0.257 e. The predicted octanol–water partition coefficient (Wildman–Crippen LogP) is 6.07. The van der Waals surface area contributed by atoms with Gasteiger partial charge in [-0.15, -0.1) is 0 Å². The molecule has 0 atom stereocenters. The summed E-state index contributed by atoms with van der Waals surface area (Å²) in [6.07, 6.45) is 2.34. The summed E-state index contributed by atoms with van der Waals surface area (Å²) in [7, 11) is 0. The average Bonchev–Trinajstić information content (AvgIpc) is 3.00. The maximum Gasteiger partial charge on any atom is 0.257 e. The molecular formula is C23H15Cl2NO2. The molecule has 0 aromatic heterocycles. The van der Waals surface area contributed by atoms with Gasteiger partial charge in [-0.2, -0.15) is 0 Å². The van der Waals surface area contributed by atoms with E-state index in [1.54, 1.807) is 48.5 Å². The molecule has 0 unspecified atom stereocenters. The minimum absolute atomic E-state index is 0.0111. The van der Waals surface area contributed by atoms with Gasteiger partial charge in [-0.25, -0.2) is 0 Å². The molecule has 0 radical (unpaired) electrons. The largest absolute Gasteiger partial charge is 0.322 e. The van der Waals surface area contributed by atoms with E-state index >= 15 is 0 Å². The van der Waals surface area contributed by atoms with Crippen LogP contribution in [0.5, 0.6) is 0 Å². The first-order valence-corrected chi connectivity index (χ1v) is 9.47. The zero-order valence-electron chi connectivity index (χ0n) is 14.7. The molecule has 0 aliphatic heterocycles. The second-order valence-corrected chi connectivity index (χ2v) is 7.32. The van der Waals surface area contributed by atoms with Crippen LogP contribution in [0.4, 0.5) is 5.69 Å². The number of nitrogens with one attached hydrogen (secondary N) is 1. The lowest BCUT2D eigenvalue weighted by Crippen LogP contribution is -2.12. The van der Waals surface area contributed by atoms with Crippen molar-refractivity contribution in [2.45, 2.75) is 6.42 Å². The summed E-state index contributed by atoms with van der Waals surface area (Å²) in [5.41, 5.74) is 4.05. The minimum atomic E-state index is -0.286. The number of amides is 1. The van der Waals surface area contributed by atoms with Crippen LogP contribution in [0, 0.1) is 0 Å². The van der Waals surface area contributed by atoms with Crippen LogP contribution >= 0.6 is 23.2 Å². The highest BCUT2D eigenvalue weighted by Crippen LogP contribution is 2.33. The Labute approximate surface area is 172 Å². The van der Waals surface area contributed by atoms with Crippen molar-refractivity contribution in [3.63, 3.8) is 0 Å². The molecule has 4 rings (SSSR count). The van der Waals surface area contributed by atoms with Crippen LogP contribution in [-0.4, -0.2) is 11.7 Å². The van der Waals surface area contributed by atoms with E-state index in [-0.39, 0.29) is 11.7 Å². The van der Waals surface area contributed by atoms with Gasteiger partial charge in [0, 0.05) is 28.3 Å². The van der Waals surface area contributed by atoms with Crippen LogP contribution < -0.4 is 5.32 Å². The van der Waals surface area contributed by atoms with Gasteiger partial charge in [-0.1, -0.05) is 59.6 Å². The molecule has 3 aromatic rings. The van der Waals surface area contributed by atoms with Crippen molar-refractivity contribution in [3.05, 3.63) is 105 Å². The van der Waals surface area contributed by atoms with Crippen molar-refractivity contribution in [2.24, 2.45) is 0 Å². The Bertz CT molecular complexity index is 1130. The lowest BCUT2D eigenvalue weighted by Gasteiger charge is -2.07. The number of hydrogen-bond donors (Lipinski definition) is 1. The van der Waals surface area contributed by atoms with E-state index in [4.69, 9.17) is 23.2 Å². The number of Topliss-reactive ketones (excluding diaryl/α,β-unsaturated/α-hetero) is 1. The number of anilines is 1. The number of allylic oxidation sites excluding steroid dienone is 1. The van der Waals surface area contributed by atoms with Gasteiger partial charge in [0.25, 0.3) is 5.91 Å². The lowest BCUT2D eigenvalue weighted by atomic mass is 10.1. The fourth-order valence-corrected chi connectivity index (χ4v) is 3.73. The summed E-state index contributed by atoms with van der Waals surface area (Å²) in [4.78, 5) is 25.1. The fourth-order valence-electron chi connectivity index (χ4n) is 3.26. The second-order valence-electron chi connectivity index (χ2n) is 6.50. The summed E-state index contributed by atoms with van der Waals surface area (Å²) < 4.78 is 0. The molecule has 1 amide bonds. The summed E-state index contributed by atoms with van der Waals surface area (Å²) in [5.74, 6) is -0.297. The fraction of sp³-hybridized carbons (Fsp3) is 0.0435. The molecule has 28 heavy (non-hydrogen) atoms. The first-order chi connectivity index (χ1) is 13.5. The zero-order chi connectivity index (χ0) is 19.7. The Balaban J connectivity index is 1.58. The van der Waals surface area contributed by atoms with Gasteiger partial charge in [-0.05, 0) is 47.5 Å². The molecule has 0 spiro atoms. The number of carbonyl (C=O) groups is 2. The average molecular weight is 408 g/mol. The summed E-state index contributed by atoms with van der Waals surface area (Å²) >= 11 is 12.3. The van der Waals surface area contributed by atoms with Crippen LogP contribution in [0.15, 0.2) is 72.3 Å². The summed E-state index contributed by atoms with van der Waals surface area (Å²) in [6, 6.07) is 19.6. The standard InChI is InChI=1S/C23H15Cl2NO2/c24-20-9-2-1-7-18(20)23(28)26-16-6-3-5-14(12-16)11-15-13-19-17(22(15)27)8-4-10-21(19)25/h1-12H,13H2,(H,26,28)/b15-11+. The number of halogens is 2. The number of carbonyl (C=O) groups excluding carboxylic acids is 2. The van der Waals surface area contributed by atoms with Gasteiger partial charge in [0.05, 0.1) is 10.6 Å². The van der Waals surface area contributed by atoms with Crippen LogP contribution in [-0.2, 0) is 6.42 Å². The molecule has 1 aliphatic rings. The SMILES string of the molecule is O=C(Nc1cccc(/C=C2\Cc3c(Cl)cccc3C2=O)c1)c1ccccc1Cl. The quantitative estimate of drug-likeness (QED) is 0.535. The Morgan fingerprint density at radius 2 is 1.68 bits per heavy atom. The van der Waals surface area contributed by atoms with E-state index in [2.05, 4.69) is 5.32 Å². The van der Waals surface area contributed by atoms with Crippen LogP contribution in [0.2, 0.25) is 10.0 Å². The molecule has 3 aromatic carbocycles.